The summed E-state index contributed by atoms with van der Waals surface area (Å²) in [4.78, 5) is 11.1. The van der Waals surface area contributed by atoms with E-state index >= 15 is 0 Å². The predicted molar refractivity (Wildman–Crippen MR) is 62.9 cm³/mol. The molecule has 0 heterocycles. The summed E-state index contributed by atoms with van der Waals surface area (Å²) < 4.78 is 0. The number of para-hydroxylation sites is 1. The molecule has 0 fully saturated rings. The summed E-state index contributed by atoms with van der Waals surface area (Å²) in [5, 5.41) is 3.16. The van der Waals surface area contributed by atoms with Crippen LogP contribution in [0.2, 0.25) is 0 Å². The molecule has 1 rings (SSSR count). The number of hydrogen-bond acceptors (Lipinski definition) is 2. The molecule has 0 aliphatic rings. The number of anilines is 1. The van der Waals surface area contributed by atoms with Crippen LogP contribution in [0.1, 0.15) is 23.7 Å². The van der Waals surface area contributed by atoms with Crippen molar-refractivity contribution in [2.75, 3.05) is 11.9 Å². The first kappa shape index (κ1) is 11.3. The number of carbonyl (C=O) groups is 1. The highest BCUT2D eigenvalue weighted by molar-refractivity contribution is 5.98. The number of benzene rings is 1. The Hall–Kier alpha value is -1.77. The van der Waals surface area contributed by atoms with Gasteiger partial charge >= 0.3 is 0 Å². The van der Waals surface area contributed by atoms with Crippen molar-refractivity contribution in [2.45, 2.75) is 13.3 Å². The fourth-order valence-electron chi connectivity index (χ4n) is 1.26. The van der Waals surface area contributed by atoms with E-state index in [1.807, 2.05) is 19.1 Å². The predicted octanol–water partition coefficient (Wildman–Crippen LogP) is 2.16. The summed E-state index contributed by atoms with van der Waals surface area (Å²) in [6.45, 7) is 6.55. The van der Waals surface area contributed by atoms with Crippen molar-refractivity contribution in [2.24, 2.45) is 5.73 Å². The average Bonchev–Trinajstić information content (AvgIpc) is 2.17. The molecule has 0 spiro atoms. The first-order valence-electron chi connectivity index (χ1n) is 4.88. The number of amides is 1. The molecule has 0 saturated carbocycles. The fraction of sp³-hybridized carbons (Fsp3) is 0.250. The highest BCUT2D eigenvalue weighted by Crippen LogP contribution is 2.14. The molecule has 0 unspecified atom stereocenters. The highest BCUT2D eigenvalue weighted by atomic mass is 16.1. The number of nitrogens with one attached hydrogen (secondary N) is 1. The van der Waals surface area contributed by atoms with Gasteiger partial charge in [-0.3, -0.25) is 4.79 Å². The van der Waals surface area contributed by atoms with Gasteiger partial charge in [-0.05, 0) is 25.5 Å². The fourth-order valence-corrected chi connectivity index (χ4v) is 1.26. The van der Waals surface area contributed by atoms with Crippen LogP contribution >= 0.6 is 0 Å². The van der Waals surface area contributed by atoms with Gasteiger partial charge in [-0.1, -0.05) is 17.7 Å². The van der Waals surface area contributed by atoms with Gasteiger partial charge in [-0.2, -0.15) is 0 Å². The van der Waals surface area contributed by atoms with Crippen LogP contribution < -0.4 is 11.1 Å². The average molecular weight is 204 g/mol. The molecule has 1 amide bonds. The Morgan fingerprint density at radius 2 is 2.13 bits per heavy atom. The second-order valence-corrected chi connectivity index (χ2v) is 3.54. The smallest absolute Gasteiger partial charge is 0.250 e. The van der Waals surface area contributed by atoms with Crippen LogP contribution in [0.5, 0.6) is 0 Å². The van der Waals surface area contributed by atoms with Gasteiger partial charge in [0, 0.05) is 12.2 Å². The van der Waals surface area contributed by atoms with Crippen LogP contribution in [0.4, 0.5) is 5.69 Å². The van der Waals surface area contributed by atoms with Crippen molar-refractivity contribution in [1.29, 1.82) is 0 Å². The van der Waals surface area contributed by atoms with E-state index in [2.05, 4.69) is 11.9 Å². The van der Waals surface area contributed by atoms with Crippen molar-refractivity contribution in [3.05, 3.63) is 42.0 Å². The van der Waals surface area contributed by atoms with Gasteiger partial charge in [0.1, 0.15) is 0 Å². The molecule has 0 atom stereocenters. The molecule has 3 N–H and O–H groups in total. The summed E-state index contributed by atoms with van der Waals surface area (Å²) >= 11 is 0. The molecule has 1 aromatic carbocycles. The molecular weight excluding hydrogens is 188 g/mol. The van der Waals surface area contributed by atoms with E-state index in [0.717, 1.165) is 24.2 Å². The maximum Gasteiger partial charge on any atom is 0.250 e. The molecular formula is C12H16N2O. The van der Waals surface area contributed by atoms with Crippen molar-refractivity contribution in [3.8, 4) is 0 Å². The van der Waals surface area contributed by atoms with E-state index in [1.165, 1.54) is 0 Å². The molecule has 3 nitrogen and oxygen atoms in total. The minimum Gasteiger partial charge on any atom is -0.384 e. The van der Waals surface area contributed by atoms with E-state index in [-0.39, 0.29) is 0 Å². The van der Waals surface area contributed by atoms with Crippen LogP contribution in [-0.2, 0) is 0 Å². The number of primary amides is 1. The Morgan fingerprint density at radius 1 is 1.47 bits per heavy atom. The standard InChI is InChI=1S/C12H16N2O/c1-9(2)7-8-14-11-6-4-3-5-10(11)12(13)15/h3-6,14H,1,7-8H2,2H3,(H2,13,15). The lowest BCUT2D eigenvalue weighted by atomic mass is 10.1. The van der Waals surface area contributed by atoms with Crippen molar-refractivity contribution < 1.29 is 4.79 Å². The van der Waals surface area contributed by atoms with Gasteiger partial charge < -0.3 is 11.1 Å². The summed E-state index contributed by atoms with van der Waals surface area (Å²) in [6.07, 6.45) is 0.882. The van der Waals surface area contributed by atoms with Crippen LogP contribution in [0, 0.1) is 0 Å². The second kappa shape index (κ2) is 5.20. The van der Waals surface area contributed by atoms with Crippen LogP contribution in [0.25, 0.3) is 0 Å². The first-order valence-corrected chi connectivity index (χ1v) is 4.88. The van der Waals surface area contributed by atoms with Crippen molar-refractivity contribution in [3.63, 3.8) is 0 Å². The van der Waals surface area contributed by atoms with Gasteiger partial charge in [0.2, 0.25) is 0 Å². The molecule has 0 saturated heterocycles. The third kappa shape index (κ3) is 3.46. The Morgan fingerprint density at radius 3 is 2.73 bits per heavy atom. The third-order valence-corrected chi connectivity index (χ3v) is 2.06. The summed E-state index contributed by atoms with van der Waals surface area (Å²) in [6, 6.07) is 7.23. The van der Waals surface area contributed by atoms with Crippen molar-refractivity contribution >= 4 is 11.6 Å². The van der Waals surface area contributed by atoms with E-state index in [0.29, 0.717) is 5.56 Å². The molecule has 0 aliphatic carbocycles. The van der Waals surface area contributed by atoms with Gasteiger partial charge in [0.05, 0.1) is 5.56 Å². The number of carbonyl (C=O) groups excluding carboxylic acids is 1. The third-order valence-electron chi connectivity index (χ3n) is 2.06. The van der Waals surface area contributed by atoms with Crippen molar-refractivity contribution in [1.82, 2.24) is 0 Å². The summed E-state index contributed by atoms with van der Waals surface area (Å²) in [7, 11) is 0. The lowest BCUT2D eigenvalue weighted by Gasteiger charge is -2.09. The molecule has 0 aliphatic heterocycles. The molecule has 80 valence electrons. The van der Waals surface area contributed by atoms with E-state index in [1.54, 1.807) is 12.1 Å². The molecule has 15 heavy (non-hydrogen) atoms. The number of nitrogens with two attached hydrogens (primary N) is 1. The minimum absolute atomic E-state index is 0.409. The maximum atomic E-state index is 11.1. The van der Waals surface area contributed by atoms with Crippen LogP contribution in [0.3, 0.4) is 0 Å². The normalized spacial score (nSPS) is 9.67. The second-order valence-electron chi connectivity index (χ2n) is 3.54. The lowest BCUT2D eigenvalue weighted by molar-refractivity contribution is 0.100. The Balaban J connectivity index is 2.67. The molecule has 0 aromatic heterocycles. The van der Waals surface area contributed by atoms with Gasteiger partial charge in [-0.25, -0.2) is 0 Å². The highest BCUT2D eigenvalue weighted by Gasteiger charge is 2.05. The summed E-state index contributed by atoms with van der Waals surface area (Å²) in [5.41, 5.74) is 7.67. The zero-order valence-corrected chi connectivity index (χ0v) is 8.92. The maximum absolute atomic E-state index is 11.1. The van der Waals surface area contributed by atoms with Gasteiger partial charge in [0.15, 0.2) is 0 Å². The van der Waals surface area contributed by atoms with E-state index in [9.17, 15) is 4.79 Å². The minimum atomic E-state index is -0.409. The zero-order chi connectivity index (χ0) is 11.3. The Labute approximate surface area is 90.0 Å². The Bertz CT molecular complexity index is 372. The van der Waals surface area contributed by atoms with Crippen LogP contribution in [0.15, 0.2) is 36.4 Å². The number of rotatable bonds is 5. The molecule has 0 radical (unpaired) electrons. The molecule has 3 heteroatoms. The van der Waals surface area contributed by atoms with Crippen LogP contribution in [-0.4, -0.2) is 12.5 Å². The quantitative estimate of drug-likeness (QED) is 0.722. The van der Waals surface area contributed by atoms with E-state index in [4.69, 9.17) is 5.73 Å². The SMILES string of the molecule is C=C(C)CCNc1ccccc1C(N)=O. The Kier molecular flexibility index (Phi) is 3.92. The largest absolute Gasteiger partial charge is 0.384 e. The number of hydrogen-bond donors (Lipinski definition) is 2. The summed E-state index contributed by atoms with van der Waals surface area (Å²) in [5.74, 6) is -0.409. The lowest BCUT2D eigenvalue weighted by Crippen LogP contribution is -2.14. The van der Waals surface area contributed by atoms with Gasteiger partial charge in [-0.15, -0.1) is 6.58 Å². The molecule has 1 aromatic rings. The van der Waals surface area contributed by atoms with Gasteiger partial charge in [0.25, 0.3) is 5.91 Å². The zero-order valence-electron chi connectivity index (χ0n) is 8.92. The van der Waals surface area contributed by atoms with E-state index < -0.39 is 5.91 Å². The first-order chi connectivity index (χ1) is 7.11. The topological polar surface area (TPSA) is 55.1 Å². The molecule has 0 bridgehead atoms. The monoisotopic (exact) mass is 204 g/mol.